The molecule has 1 nitrogen and oxygen atoms in total. The van der Waals surface area contributed by atoms with E-state index in [9.17, 15) is 0 Å². The monoisotopic (exact) mass is 461 g/mol. The third-order valence-electron chi connectivity index (χ3n) is 6.70. The van der Waals surface area contributed by atoms with Gasteiger partial charge in [-0.3, -0.25) is 0 Å². The molecule has 4 aromatic rings. The summed E-state index contributed by atoms with van der Waals surface area (Å²) in [6.07, 6.45) is 7.72. The highest BCUT2D eigenvalue weighted by Gasteiger charge is 2.04. The first-order chi connectivity index (χ1) is 17.2. The fraction of sp³-hybridized carbons (Fsp3) is 0.265. The molecule has 0 aliphatic rings. The zero-order chi connectivity index (χ0) is 24.3. The summed E-state index contributed by atoms with van der Waals surface area (Å²) in [5.41, 5.74) is 7.44. The van der Waals surface area contributed by atoms with Gasteiger partial charge in [-0.05, 0) is 40.8 Å². The van der Waals surface area contributed by atoms with Gasteiger partial charge in [-0.1, -0.05) is 113 Å². The quantitative estimate of drug-likeness (QED) is 0.151. The number of unbranched alkanes of at least 4 members (excludes halogenated alkanes) is 5. The van der Waals surface area contributed by atoms with Gasteiger partial charge in [-0.2, -0.15) is 0 Å². The van der Waals surface area contributed by atoms with E-state index in [0.29, 0.717) is 0 Å². The summed E-state index contributed by atoms with van der Waals surface area (Å²) in [6.45, 7) is 5.26. The first-order valence-corrected chi connectivity index (χ1v) is 13.1. The normalized spacial score (nSPS) is 10.8. The Balaban J connectivity index is 1.31. The standard InChI is InChI=1S/C34H37O/c1-3-4-5-6-7-11-26-35-34-24-22-33(23-25-34)32-20-16-29(17-21-32)27(2)28-14-18-31(19-15-28)30-12-9-8-10-13-30/h8-10,12-25H,3-7,11,26H2,1-2H3/q-1. The number of hydrogen-bond acceptors (Lipinski definition) is 1. The minimum Gasteiger partial charge on any atom is -0.494 e. The van der Waals surface area contributed by atoms with Crippen molar-refractivity contribution in [1.29, 1.82) is 0 Å². The Morgan fingerprint density at radius 3 is 1.51 bits per heavy atom. The number of hydrogen-bond donors (Lipinski definition) is 0. The lowest BCUT2D eigenvalue weighted by atomic mass is 9.90. The van der Waals surface area contributed by atoms with Crippen molar-refractivity contribution < 1.29 is 4.74 Å². The fourth-order valence-corrected chi connectivity index (χ4v) is 4.44. The van der Waals surface area contributed by atoms with Gasteiger partial charge in [0.2, 0.25) is 0 Å². The summed E-state index contributed by atoms with van der Waals surface area (Å²) in [5.74, 6) is 2.25. The van der Waals surface area contributed by atoms with Crippen molar-refractivity contribution in [3.63, 3.8) is 0 Å². The van der Waals surface area contributed by atoms with Gasteiger partial charge in [0.25, 0.3) is 0 Å². The second-order valence-electron chi connectivity index (χ2n) is 9.29. The molecule has 0 amide bonds. The summed E-state index contributed by atoms with van der Waals surface area (Å²) in [6, 6.07) is 36.7. The second kappa shape index (κ2) is 12.9. The Morgan fingerprint density at radius 1 is 0.514 bits per heavy atom. The van der Waals surface area contributed by atoms with E-state index in [1.54, 1.807) is 0 Å². The van der Waals surface area contributed by atoms with Crippen LogP contribution in [0.3, 0.4) is 0 Å². The molecule has 0 radical (unpaired) electrons. The molecule has 0 atom stereocenters. The Hall–Kier alpha value is -3.45. The van der Waals surface area contributed by atoms with Crippen LogP contribution >= 0.6 is 0 Å². The molecule has 0 heterocycles. The first kappa shape index (κ1) is 24.7. The summed E-state index contributed by atoms with van der Waals surface area (Å²) in [7, 11) is 0. The van der Waals surface area contributed by atoms with E-state index in [0.717, 1.165) is 18.8 Å². The van der Waals surface area contributed by atoms with E-state index in [1.807, 2.05) is 0 Å². The number of rotatable bonds is 12. The molecule has 0 aliphatic heterocycles. The lowest BCUT2D eigenvalue weighted by molar-refractivity contribution is 0.304. The second-order valence-corrected chi connectivity index (χ2v) is 9.29. The van der Waals surface area contributed by atoms with Crippen LogP contribution in [0.2, 0.25) is 0 Å². The average Bonchev–Trinajstić information content (AvgIpc) is 2.93. The maximum atomic E-state index is 5.94. The van der Waals surface area contributed by atoms with Crippen LogP contribution in [0.1, 0.15) is 63.5 Å². The fourth-order valence-electron chi connectivity index (χ4n) is 4.44. The minimum absolute atomic E-state index is 0.807. The van der Waals surface area contributed by atoms with Gasteiger partial charge >= 0.3 is 0 Å². The van der Waals surface area contributed by atoms with Crippen LogP contribution < -0.4 is 4.74 Å². The number of ether oxygens (including phenoxy) is 1. The molecule has 0 aromatic heterocycles. The van der Waals surface area contributed by atoms with Gasteiger partial charge in [0.1, 0.15) is 5.75 Å². The van der Waals surface area contributed by atoms with E-state index in [4.69, 9.17) is 4.74 Å². The highest BCUT2D eigenvalue weighted by molar-refractivity contribution is 5.66. The summed E-state index contributed by atoms with van der Waals surface area (Å²) < 4.78 is 5.94. The Labute approximate surface area is 211 Å². The molecule has 0 fully saturated rings. The molecule has 0 bridgehead atoms. The third kappa shape index (κ3) is 7.02. The first-order valence-electron chi connectivity index (χ1n) is 13.1. The van der Waals surface area contributed by atoms with Crippen molar-refractivity contribution in [3.05, 3.63) is 120 Å². The Bertz CT molecular complexity index is 1130. The van der Waals surface area contributed by atoms with Gasteiger partial charge in [0.05, 0.1) is 6.61 Å². The largest absolute Gasteiger partial charge is 0.494 e. The maximum Gasteiger partial charge on any atom is 0.119 e. The lowest BCUT2D eigenvalue weighted by Crippen LogP contribution is -1.97. The highest BCUT2D eigenvalue weighted by atomic mass is 16.5. The molecular formula is C34H37O-. The zero-order valence-electron chi connectivity index (χ0n) is 21.2. The van der Waals surface area contributed by atoms with Gasteiger partial charge in [-0.15, -0.1) is 41.3 Å². The molecule has 35 heavy (non-hydrogen) atoms. The molecule has 4 rings (SSSR count). The molecule has 0 saturated carbocycles. The van der Waals surface area contributed by atoms with Gasteiger partial charge in [0.15, 0.2) is 0 Å². The van der Waals surface area contributed by atoms with Crippen molar-refractivity contribution in [2.45, 2.75) is 52.4 Å². The summed E-state index contributed by atoms with van der Waals surface area (Å²) in [5, 5.41) is 0. The van der Waals surface area contributed by atoms with Gasteiger partial charge in [-0.25, -0.2) is 0 Å². The van der Waals surface area contributed by atoms with E-state index < -0.39 is 0 Å². The Morgan fingerprint density at radius 2 is 0.971 bits per heavy atom. The van der Waals surface area contributed by atoms with Crippen molar-refractivity contribution in [2.75, 3.05) is 6.61 Å². The van der Waals surface area contributed by atoms with Crippen LogP contribution in [0.25, 0.3) is 22.3 Å². The van der Waals surface area contributed by atoms with E-state index in [2.05, 4.69) is 117 Å². The predicted octanol–water partition coefficient (Wildman–Crippen LogP) is 9.75. The van der Waals surface area contributed by atoms with Crippen molar-refractivity contribution in [2.24, 2.45) is 0 Å². The van der Waals surface area contributed by atoms with Gasteiger partial charge < -0.3 is 4.74 Å². The highest BCUT2D eigenvalue weighted by Crippen LogP contribution is 2.29. The molecule has 0 aliphatic carbocycles. The van der Waals surface area contributed by atoms with Crippen LogP contribution in [-0.4, -0.2) is 6.61 Å². The minimum atomic E-state index is 0.807. The van der Waals surface area contributed by atoms with Crippen molar-refractivity contribution in [1.82, 2.24) is 0 Å². The molecule has 0 saturated heterocycles. The van der Waals surface area contributed by atoms with Crippen LogP contribution in [0.4, 0.5) is 0 Å². The van der Waals surface area contributed by atoms with Crippen LogP contribution in [0, 0.1) is 5.92 Å². The maximum absolute atomic E-state index is 5.94. The Kier molecular flexibility index (Phi) is 9.06. The van der Waals surface area contributed by atoms with Gasteiger partial charge in [0, 0.05) is 0 Å². The zero-order valence-corrected chi connectivity index (χ0v) is 21.2. The lowest BCUT2D eigenvalue weighted by Gasteiger charge is -2.21. The predicted molar refractivity (Wildman–Crippen MR) is 150 cm³/mol. The van der Waals surface area contributed by atoms with E-state index >= 15 is 0 Å². The van der Waals surface area contributed by atoms with Crippen molar-refractivity contribution >= 4 is 0 Å². The van der Waals surface area contributed by atoms with Crippen LogP contribution in [0.15, 0.2) is 103 Å². The summed E-state index contributed by atoms with van der Waals surface area (Å²) in [4.78, 5) is 0. The smallest absolute Gasteiger partial charge is 0.119 e. The van der Waals surface area contributed by atoms with Crippen molar-refractivity contribution in [3.8, 4) is 28.0 Å². The van der Waals surface area contributed by atoms with E-state index in [1.165, 1.54) is 71.4 Å². The van der Waals surface area contributed by atoms with Crippen LogP contribution in [-0.2, 0) is 0 Å². The van der Waals surface area contributed by atoms with Crippen LogP contribution in [0.5, 0.6) is 5.75 Å². The number of benzene rings is 4. The molecule has 180 valence electrons. The SMILES string of the molecule is CCCCCCCCOc1ccc(-c2ccc([C-](C)c3ccc(-c4ccccc4)cc3)cc2)cc1. The molecule has 0 N–H and O–H groups in total. The molecule has 4 aromatic carbocycles. The topological polar surface area (TPSA) is 9.23 Å². The molecule has 0 unspecified atom stereocenters. The van der Waals surface area contributed by atoms with E-state index in [-0.39, 0.29) is 0 Å². The summed E-state index contributed by atoms with van der Waals surface area (Å²) >= 11 is 0. The average molecular weight is 462 g/mol. The third-order valence-corrected chi connectivity index (χ3v) is 6.70. The molecule has 1 heteroatoms. The molecular weight excluding hydrogens is 424 g/mol. The molecule has 0 spiro atoms.